The van der Waals surface area contributed by atoms with Gasteiger partial charge in [-0.25, -0.2) is 21.9 Å². The molecular weight excluding hydrogens is 435 g/mol. The van der Waals surface area contributed by atoms with Crippen LogP contribution in [0.3, 0.4) is 0 Å². The Morgan fingerprint density at radius 2 is 1.91 bits per heavy atom. The monoisotopic (exact) mass is 472 g/mol. The van der Waals surface area contributed by atoms with Gasteiger partial charge in [-0.3, -0.25) is 4.79 Å². The van der Waals surface area contributed by atoms with Crippen molar-refractivity contribution in [1.29, 1.82) is 0 Å². The third-order valence-corrected chi connectivity index (χ3v) is 9.70. The lowest BCUT2D eigenvalue weighted by molar-refractivity contribution is -0.128. The molecule has 0 radical (unpaired) electrons. The van der Waals surface area contributed by atoms with Crippen LogP contribution >= 0.6 is 0 Å². The van der Waals surface area contributed by atoms with E-state index in [1.807, 2.05) is 0 Å². The predicted molar refractivity (Wildman–Crippen MR) is 120 cm³/mol. The van der Waals surface area contributed by atoms with Gasteiger partial charge >= 0.3 is 6.09 Å². The van der Waals surface area contributed by atoms with Gasteiger partial charge in [0.15, 0.2) is 0 Å². The highest BCUT2D eigenvalue weighted by molar-refractivity contribution is 7.90. The maximum Gasteiger partial charge on any atom is 0.408 e. The largest absolute Gasteiger partial charge is 0.444 e. The Labute approximate surface area is 191 Å². The Balaban J connectivity index is 1.74. The van der Waals surface area contributed by atoms with E-state index >= 15 is 0 Å². The zero-order valence-corrected chi connectivity index (χ0v) is 21.0. The summed E-state index contributed by atoms with van der Waals surface area (Å²) in [5.41, 5.74) is -1.27. The van der Waals surface area contributed by atoms with Crippen LogP contribution in [0.4, 0.5) is 9.18 Å². The van der Waals surface area contributed by atoms with Crippen molar-refractivity contribution in [2.75, 3.05) is 5.75 Å². The molecule has 0 aromatic rings. The zero-order chi connectivity index (χ0) is 24.3. The van der Waals surface area contributed by atoms with Crippen LogP contribution in [0.15, 0.2) is 11.9 Å². The molecule has 3 aliphatic rings. The van der Waals surface area contributed by atoms with Crippen molar-refractivity contribution < 1.29 is 27.1 Å². The minimum atomic E-state index is -3.74. The fourth-order valence-corrected chi connectivity index (χ4v) is 8.57. The number of fused-ring (bicyclic) bond motifs is 1. The van der Waals surface area contributed by atoms with Crippen LogP contribution in [0.5, 0.6) is 0 Å². The van der Waals surface area contributed by atoms with Gasteiger partial charge in [-0.1, -0.05) is 27.7 Å². The van der Waals surface area contributed by atoms with E-state index < -0.39 is 44.9 Å². The number of nitrogens with zero attached hydrogens (tertiary/aromatic N) is 1. The van der Waals surface area contributed by atoms with Crippen LogP contribution in [-0.4, -0.2) is 48.2 Å². The number of sulfonamides is 1. The highest BCUT2D eigenvalue weighted by Crippen LogP contribution is 2.70. The van der Waals surface area contributed by atoms with Crippen molar-refractivity contribution in [2.24, 2.45) is 22.7 Å². The molecule has 1 aliphatic heterocycles. The molecule has 0 unspecified atom stereocenters. The van der Waals surface area contributed by atoms with Crippen molar-refractivity contribution in [3.8, 4) is 0 Å². The van der Waals surface area contributed by atoms with Crippen molar-refractivity contribution in [1.82, 2.24) is 9.62 Å². The van der Waals surface area contributed by atoms with E-state index in [1.165, 1.54) is 0 Å². The lowest BCUT2D eigenvalue weighted by Gasteiger charge is -2.37. The number of nitrogens with one attached hydrogen (secondary N) is 1. The number of ether oxygens (including phenoxy) is 1. The van der Waals surface area contributed by atoms with Gasteiger partial charge in [0, 0.05) is 11.8 Å². The van der Waals surface area contributed by atoms with Gasteiger partial charge in [-0.05, 0) is 63.4 Å². The Morgan fingerprint density at radius 3 is 2.44 bits per heavy atom. The highest BCUT2D eigenvalue weighted by atomic mass is 32.2. The fourth-order valence-electron chi connectivity index (χ4n) is 6.01. The second-order valence-corrected chi connectivity index (χ2v) is 13.3. The van der Waals surface area contributed by atoms with Crippen molar-refractivity contribution >= 4 is 22.0 Å². The van der Waals surface area contributed by atoms with Crippen LogP contribution in [0.1, 0.15) is 74.1 Å². The molecule has 9 heteroatoms. The number of carbonyl (C=O) groups excluding carboxylic acids is 2. The van der Waals surface area contributed by atoms with E-state index in [2.05, 4.69) is 19.2 Å². The minimum absolute atomic E-state index is 0.0130. The summed E-state index contributed by atoms with van der Waals surface area (Å²) in [5.74, 6) is -1.20. The van der Waals surface area contributed by atoms with Crippen LogP contribution in [0.25, 0.3) is 0 Å². The van der Waals surface area contributed by atoms with E-state index in [4.69, 9.17) is 4.74 Å². The normalized spacial score (nSPS) is 31.5. The molecular formula is C23H37FN2O5S. The van der Waals surface area contributed by atoms with Crippen molar-refractivity contribution in [3.05, 3.63) is 11.9 Å². The quantitative estimate of drug-likeness (QED) is 0.649. The predicted octanol–water partition coefficient (Wildman–Crippen LogP) is 4.15. The van der Waals surface area contributed by atoms with Gasteiger partial charge in [0.2, 0.25) is 15.9 Å². The van der Waals surface area contributed by atoms with E-state index in [0.717, 1.165) is 23.2 Å². The Morgan fingerprint density at radius 1 is 1.28 bits per heavy atom. The number of carbonyl (C=O) groups is 2. The summed E-state index contributed by atoms with van der Waals surface area (Å²) in [6.07, 6.45) is 2.43. The fraction of sp³-hybridized carbons (Fsp3) is 0.826. The molecule has 2 amide bonds. The summed E-state index contributed by atoms with van der Waals surface area (Å²) >= 11 is 0. The van der Waals surface area contributed by atoms with Gasteiger partial charge in [-0.15, -0.1) is 0 Å². The first-order valence-corrected chi connectivity index (χ1v) is 13.0. The number of hydrogen-bond donors (Lipinski definition) is 1. The standard InChI is InChI=1S/C23H37FN2O5S/c1-14(2)19(25-20(28)31-21(3,4)5)16(24)8-9-18(27)26-17-12-15-10-11-23(17,22(15,6)7)13-32(26,29)30/h8,14-15,17,19H,9-13H2,1-7H3,(H,25,28)/b16-8-/t15-,17+,19+,23-/m0/s1. The summed E-state index contributed by atoms with van der Waals surface area (Å²) in [5, 5.41) is 2.50. The molecule has 4 atom stereocenters. The molecule has 7 nitrogen and oxygen atoms in total. The third-order valence-electron chi connectivity index (χ3n) is 7.76. The molecule has 2 saturated carbocycles. The molecule has 2 bridgehead atoms. The maximum absolute atomic E-state index is 15.0. The summed E-state index contributed by atoms with van der Waals surface area (Å²) in [7, 11) is -3.74. The number of halogens is 1. The number of alkyl carbamates (subject to hydrolysis) is 1. The third kappa shape index (κ3) is 4.17. The second-order valence-electron chi connectivity index (χ2n) is 11.5. The Bertz CT molecular complexity index is 921. The molecule has 32 heavy (non-hydrogen) atoms. The number of amides is 2. The van der Waals surface area contributed by atoms with Crippen LogP contribution in [-0.2, 0) is 19.6 Å². The van der Waals surface area contributed by atoms with E-state index in [-0.39, 0.29) is 29.5 Å². The first-order chi connectivity index (χ1) is 14.5. The van der Waals surface area contributed by atoms with E-state index in [9.17, 15) is 22.4 Å². The Hall–Kier alpha value is -1.64. The van der Waals surface area contributed by atoms with Crippen molar-refractivity contribution in [3.63, 3.8) is 0 Å². The van der Waals surface area contributed by atoms with E-state index in [0.29, 0.717) is 12.3 Å². The molecule has 1 spiro atoms. The first-order valence-electron chi connectivity index (χ1n) is 11.4. The van der Waals surface area contributed by atoms with Gasteiger partial charge in [-0.2, -0.15) is 0 Å². The molecule has 1 N–H and O–H groups in total. The number of rotatable bonds is 5. The first kappa shape index (κ1) is 25.0. The summed E-state index contributed by atoms with van der Waals surface area (Å²) in [6, 6.07) is -1.31. The summed E-state index contributed by atoms with van der Waals surface area (Å²) < 4.78 is 47.1. The average molecular weight is 473 g/mol. The SMILES string of the molecule is CC(C)[C@@H](NC(=O)OC(C)(C)C)/C(F)=C/CC(=O)N1[C@@H]2C[C@@H]3CC[C@@]2(CS1(=O)=O)C3(C)C. The molecule has 2 aliphatic carbocycles. The maximum atomic E-state index is 15.0. The molecule has 0 aromatic carbocycles. The summed E-state index contributed by atoms with van der Waals surface area (Å²) in [4.78, 5) is 25.1. The highest BCUT2D eigenvalue weighted by Gasteiger charge is 2.72. The van der Waals surface area contributed by atoms with Crippen LogP contribution < -0.4 is 5.32 Å². The van der Waals surface area contributed by atoms with Crippen molar-refractivity contribution in [2.45, 2.75) is 91.8 Å². The van der Waals surface area contributed by atoms with Gasteiger partial charge in [0.25, 0.3) is 0 Å². The molecule has 1 heterocycles. The molecule has 1 saturated heterocycles. The van der Waals surface area contributed by atoms with Crippen LogP contribution in [0.2, 0.25) is 0 Å². The minimum Gasteiger partial charge on any atom is -0.444 e. The zero-order valence-electron chi connectivity index (χ0n) is 20.2. The second kappa shape index (κ2) is 7.99. The lowest BCUT2D eigenvalue weighted by Crippen LogP contribution is -2.44. The topological polar surface area (TPSA) is 92.8 Å². The molecule has 3 fully saturated rings. The molecule has 182 valence electrons. The van der Waals surface area contributed by atoms with E-state index in [1.54, 1.807) is 34.6 Å². The van der Waals surface area contributed by atoms with Gasteiger partial charge in [0.1, 0.15) is 11.4 Å². The molecule has 0 aromatic heterocycles. The average Bonchev–Trinajstić information content (AvgIpc) is 3.09. The summed E-state index contributed by atoms with van der Waals surface area (Å²) in [6.45, 7) is 12.8. The smallest absolute Gasteiger partial charge is 0.408 e. The molecule has 3 rings (SSSR count). The lowest BCUT2D eigenvalue weighted by atomic mass is 9.69. The van der Waals surface area contributed by atoms with Gasteiger partial charge in [0.05, 0.1) is 17.8 Å². The number of hydrogen-bond acceptors (Lipinski definition) is 5. The van der Waals surface area contributed by atoms with Gasteiger partial charge < -0.3 is 10.1 Å². The Kier molecular flexibility index (Phi) is 6.24. The van der Waals surface area contributed by atoms with Crippen LogP contribution in [0, 0.1) is 22.7 Å².